The second kappa shape index (κ2) is 11.6. The molecule has 27 heavy (non-hydrogen) atoms. The van der Waals surface area contributed by atoms with Gasteiger partial charge in [-0.3, -0.25) is 9.79 Å². The molecule has 154 valence electrons. The number of aliphatic imine (C=N–C) groups is 1. The van der Waals surface area contributed by atoms with Crippen LogP contribution < -0.4 is 16.0 Å². The SMILES string of the molecule is CNC(=O)C(C)(C)CN=C(NCCc1ccco1)NC1CCCCC1C.I. The Hall–Kier alpha value is -1.25. The molecule has 1 amide bonds. The van der Waals surface area contributed by atoms with E-state index in [9.17, 15) is 4.79 Å². The van der Waals surface area contributed by atoms with E-state index in [1.807, 2.05) is 26.0 Å². The van der Waals surface area contributed by atoms with E-state index in [0.717, 1.165) is 24.7 Å². The molecule has 0 aromatic carbocycles. The molecule has 2 atom stereocenters. The van der Waals surface area contributed by atoms with Gasteiger partial charge in [-0.2, -0.15) is 0 Å². The van der Waals surface area contributed by atoms with Gasteiger partial charge in [-0.05, 0) is 44.7 Å². The molecule has 1 heterocycles. The number of guanidine groups is 1. The Kier molecular flexibility index (Phi) is 10.2. The van der Waals surface area contributed by atoms with Crippen LogP contribution in [0.3, 0.4) is 0 Å². The molecular formula is C20H35IN4O2. The molecule has 3 N–H and O–H groups in total. The van der Waals surface area contributed by atoms with Gasteiger partial charge in [0.15, 0.2) is 5.96 Å². The first-order chi connectivity index (χ1) is 12.4. The van der Waals surface area contributed by atoms with Gasteiger partial charge in [-0.25, -0.2) is 0 Å². The van der Waals surface area contributed by atoms with Crippen molar-refractivity contribution >= 4 is 35.8 Å². The van der Waals surface area contributed by atoms with Crippen LogP contribution in [0.1, 0.15) is 52.2 Å². The lowest BCUT2D eigenvalue weighted by Crippen LogP contribution is -2.48. The summed E-state index contributed by atoms with van der Waals surface area (Å²) in [6.45, 7) is 7.30. The number of nitrogens with zero attached hydrogens (tertiary/aromatic N) is 1. The van der Waals surface area contributed by atoms with E-state index >= 15 is 0 Å². The number of hydrogen-bond donors (Lipinski definition) is 3. The normalized spacial score (nSPS) is 20.5. The van der Waals surface area contributed by atoms with E-state index < -0.39 is 5.41 Å². The van der Waals surface area contributed by atoms with Crippen molar-refractivity contribution in [3.05, 3.63) is 24.2 Å². The van der Waals surface area contributed by atoms with Crippen LogP contribution in [0.2, 0.25) is 0 Å². The Balaban J connectivity index is 0.00000364. The lowest BCUT2D eigenvalue weighted by Gasteiger charge is -2.31. The number of amides is 1. The second-order valence-corrected chi connectivity index (χ2v) is 7.90. The van der Waals surface area contributed by atoms with Crippen molar-refractivity contribution in [2.45, 2.75) is 58.9 Å². The van der Waals surface area contributed by atoms with Crippen molar-refractivity contribution in [3.8, 4) is 0 Å². The number of nitrogens with one attached hydrogen (secondary N) is 3. The van der Waals surface area contributed by atoms with Gasteiger partial charge in [0, 0.05) is 26.1 Å². The fourth-order valence-electron chi connectivity index (χ4n) is 3.30. The van der Waals surface area contributed by atoms with E-state index in [2.05, 4.69) is 22.9 Å². The van der Waals surface area contributed by atoms with Crippen LogP contribution in [0.5, 0.6) is 0 Å². The maximum absolute atomic E-state index is 12.0. The minimum absolute atomic E-state index is 0. The number of furan rings is 1. The number of carbonyl (C=O) groups excluding carboxylic acids is 1. The van der Waals surface area contributed by atoms with E-state index in [1.54, 1.807) is 13.3 Å². The van der Waals surface area contributed by atoms with Gasteiger partial charge in [0.2, 0.25) is 5.91 Å². The van der Waals surface area contributed by atoms with Crippen molar-refractivity contribution in [2.24, 2.45) is 16.3 Å². The van der Waals surface area contributed by atoms with Gasteiger partial charge >= 0.3 is 0 Å². The number of hydrogen-bond acceptors (Lipinski definition) is 3. The molecule has 1 aromatic heterocycles. The monoisotopic (exact) mass is 490 g/mol. The molecule has 0 spiro atoms. The summed E-state index contributed by atoms with van der Waals surface area (Å²) in [5, 5.41) is 9.71. The molecule has 0 bridgehead atoms. The molecule has 2 unspecified atom stereocenters. The van der Waals surface area contributed by atoms with Crippen LogP contribution in [0.25, 0.3) is 0 Å². The van der Waals surface area contributed by atoms with Crippen LogP contribution >= 0.6 is 24.0 Å². The zero-order valence-electron chi connectivity index (χ0n) is 17.0. The van der Waals surface area contributed by atoms with Gasteiger partial charge in [-0.1, -0.05) is 19.8 Å². The molecule has 6 nitrogen and oxygen atoms in total. The number of halogens is 1. The van der Waals surface area contributed by atoms with Crippen LogP contribution in [-0.4, -0.2) is 38.0 Å². The Morgan fingerprint density at radius 2 is 2.07 bits per heavy atom. The molecule has 0 aliphatic heterocycles. The average molecular weight is 490 g/mol. The summed E-state index contributed by atoms with van der Waals surface area (Å²) in [6.07, 6.45) is 7.47. The third-order valence-electron chi connectivity index (χ3n) is 5.15. The lowest BCUT2D eigenvalue weighted by molar-refractivity contribution is -0.128. The van der Waals surface area contributed by atoms with Gasteiger partial charge in [0.25, 0.3) is 0 Å². The minimum Gasteiger partial charge on any atom is -0.469 e. The largest absolute Gasteiger partial charge is 0.469 e. The van der Waals surface area contributed by atoms with Crippen LogP contribution in [0.15, 0.2) is 27.8 Å². The Labute approximate surface area is 180 Å². The molecule has 7 heteroatoms. The molecule has 0 saturated heterocycles. The van der Waals surface area contributed by atoms with E-state index in [1.165, 1.54) is 25.7 Å². The van der Waals surface area contributed by atoms with Gasteiger partial charge in [0.05, 0.1) is 18.2 Å². The quantitative estimate of drug-likeness (QED) is 0.311. The first-order valence-electron chi connectivity index (χ1n) is 9.72. The molecule has 2 rings (SSSR count). The van der Waals surface area contributed by atoms with Gasteiger partial charge in [0.1, 0.15) is 5.76 Å². The summed E-state index contributed by atoms with van der Waals surface area (Å²) in [5.41, 5.74) is -0.539. The first-order valence-corrected chi connectivity index (χ1v) is 9.72. The Morgan fingerprint density at radius 3 is 2.70 bits per heavy atom. The third-order valence-corrected chi connectivity index (χ3v) is 5.15. The number of rotatable bonds is 7. The second-order valence-electron chi connectivity index (χ2n) is 7.90. The third kappa shape index (κ3) is 7.71. The average Bonchev–Trinajstić information content (AvgIpc) is 3.14. The molecule has 1 aliphatic carbocycles. The molecule has 1 fully saturated rings. The van der Waals surface area contributed by atoms with E-state index in [-0.39, 0.29) is 29.9 Å². The van der Waals surface area contributed by atoms with Crippen molar-refractivity contribution in [2.75, 3.05) is 20.1 Å². The maximum atomic E-state index is 12.0. The van der Waals surface area contributed by atoms with Crippen molar-refractivity contribution in [1.82, 2.24) is 16.0 Å². The van der Waals surface area contributed by atoms with Crippen LogP contribution in [0, 0.1) is 11.3 Å². The van der Waals surface area contributed by atoms with E-state index in [0.29, 0.717) is 18.5 Å². The van der Waals surface area contributed by atoms with Gasteiger partial charge < -0.3 is 20.4 Å². The first kappa shape index (κ1) is 23.8. The topological polar surface area (TPSA) is 78.7 Å². The number of carbonyl (C=O) groups is 1. The predicted octanol–water partition coefficient (Wildman–Crippen LogP) is 3.33. The standard InChI is InChI=1S/C20H34N4O2.HI/c1-15-8-5-6-10-17(15)24-19(22-12-11-16-9-7-13-26-16)23-14-20(2,3)18(25)21-4;/h7,9,13,15,17H,5-6,8,10-12,14H2,1-4H3,(H,21,25)(H2,22,23,24);1H. The van der Waals surface area contributed by atoms with Crippen molar-refractivity contribution in [1.29, 1.82) is 0 Å². The molecule has 1 aromatic rings. The van der Waals surface area contributed by atoms with Crippen LogP contribution in [-0.2, 0) is 11.2 Å². The highest BCUT2D eigenvalue weighted by Gasteiger charge is 2.27. The molecule has 1 saturated carbocycles. The molecule has 0 radical (unpaired) electrons. The zero-order chi connectivity index (χ0) is 19.0. The fraction of sp³-hybridized carbons (Fsp3) is 0.700. The summed E-state index contributed by atoms with van der Waals surface area (Å²) < 4.78 is 5.39. The molecule has 1 aliphatic rings. The fourth-order valence-corrected chi connectivity index (χ4v) is 3.30. The highest BCUT2D eigenvalue weighted by atomic mass is 127. The van der Waals surface area contributed by atoms with Gasteiger partial charge in [-0.15, -0.1) is 24.0 Å². The predicted molar refractivity (Wildman–Crippen MR) is 121 cm³/mol. The van der Waals surface area contributed by atoms with Crippen molar-refractivity contribution < 1.29 is 9.21 Å². The van der Waals surface area contributed by atoms with Crippen LogP contribution in [0.4, 0.5) is 0 Å². The molecular weight excluding hydrogens is 455 g/mol. The maximum Gasteiger partial charge on any atom is 0.227 e. The summed E-state index contributed by atoms with van der Waals surface area (Å²) in [4.78, 5) is 16.7. The summed E-state index contributed by atoms with van der Waals surface area (Å²) in [7, 11) is 1.66. The Bertz CT molecular complexity index is 587. The summed E-state index contributed by atoms with van der Waals surface area (Å²) >= 11 is 0. The van der Waals surface area contributed by atoms with Crippen molar-refractivity contribution in [3.63, 3.8) is 0 Å². The Morgan fingerprint density at radius 1 is 1.33 bits per heavy atom. The van der Waals surface area contributed by atoms with E-state index in [4.69, 9.17) is 9.41 Å². The highest BCUT2D eigenvalue weighted by molar-refractivity contribution is 14.0. The summed E-state index contributed by atoms with van der Waals surface area (Å²) in [5.74, 6) is 2.37. The highest BCUT2D eigenvalue weighted by Crippen LogP contribution is 2.23. The smallest absolute Gasteiger partial charge is 0.227 e. The minimum atomic E-state index is -0.539. The zero-order valence-corrected chi connectivity index (χ0v) is 19.3. The summed E-state index contributed by atoms with van der Waals surface area (Å²) in [6, 6.07) is 4.31. The lowest BCUT2D eigenvalue weighted by atomic mass is 9.86.